The van der Waals surface area contributed by atoms with Crippen LogP contribution in [-0.2, 0) is 11.2 Å². The maximum atomic E-state index is 5.31. The Morgan fingerprint density at radius 1 is 1.69 bits per heavy atom. The molecule has 2 N–H and O–H groups in total. The van der Waals surface area contributed by atoms with Crippen LogP contribution < -0.4 is 10.6 Å². The quantitative estimate of drug-likeness (QED) is 0.718. The van der Waals surface area contributed by atoms with E-state index in [-0.39, 0.29) is 0 Å². The number of thiazole rings is 1. The first kappa shape index (κ1) is 12.0. The van der Waals surface area contributed by atoms with Gasteiger partial charge in [-0.15, -0.1) is 11.3 Å². The molecule has 1 aliphatic heterocycles. The molecule has 2 heterocycles. The lowest BCUT2D eigenvalue weighted by Gasteiger charge is -2.11. The van der Waals surface area contributed by atoms with Crippen molar-refractivity contribution >= 4 is 11.3 Å². The second-order valence-electron chi connectivity index (χ2n) is 4.08. The molecule has 1 aromatic heterocycles. The van der Waals surface area contributed by atoms with Crippen molar-refractivity contribution in [3.63, 3.8) is 0 Å². The first-order valence-electron chi connectivity index (χ1n) is 5.73. The van der Waals surface area contributed by atoms with Crippen molar-refractivity contribution in [1.82, 2.24) is 15.6 Å². The molecule has 1 fully saturated rings. The van der Waals surface area contributed by atoms with Crippen LogP contribution in [-0.4, -0.2) is 43.9 Å². The average Bonchev–Trinajstić information content (AvgIpc) is 2.95. The molecule has 0 amide bonds. The Kier molecular flexibility index (Phi) is 4.71. The molecule has 2 atom stereocenters. The molecule has 16 heavy (non-hydrogen) atoms. The molecule has 0 radical (unpaired) electrons. The summed E-state index contributed by atoms with van der Waals surface area (Å²) in [5.74, 6) is 0. The van der Waals surface area contributed by atoms with Crippen molar-refractivity contribution in [2.75, 3.05) is 26.7 Å². The number of nitrogens with one attached hydrogen (secondary N) is 2. The minimum Gasteiger partial charge on any atom is -0.380 e. The Bertz CT molecular complexity index is 291. The number of rotatable bonds is 6. The van der Waals surface area contributed by atoms with Crippen LogP contribution >= 0.6 is 11.3 Å². The van der Waals surface area contributed by atoms with E-state index in [1.807, 2.05) is 11.6 Å². The van der Waals surface area contributed by atoms with E-state index < -0.39 is 0 Å². The molecule has 1 aromatic rings. The predicted octanol–water partition coefficient (Wildman–Crippen LogP) is 0.652. The Balaban J connectivity index is 1.55. The fraction of sp³-hybridized carbons (Fsp3) is 0.727. The molecule has 0 saturated carbocycles. The summed E-state index contributed by atoms with van der Waals surface area (Å²) in [5.41, 5.74) is 0. The van der Waals surface area contributed by atoms with Gasteiger partial charge in [-0.25, -0.2) is 4.98 Å². The summed E-state index contributed by atoms with van der Waals surface area (Å²) in [6.45, 7) is 3.00. The number of hydrogen-bond acceptors (Lipinski definition) is 5. The van der Waals surface area contributed by atoms with E-state index in [0.717, 1.165) is 32.5 Å². The lowest BCUT2D eigenvalue weighted by molar-refractivity contribution is 0.117. The maximum Gasteiger partial charge on any atom is 0.0937 e. The first-order chi connectivity index (χ1) is 7.88. The molecule has 0 aromatic carbocycles. The van der Waals surface area contributed by atoms with E-state index in [1.165, 1.54) is 5.01 Å². The van der Waals surface area contributed by atoms with Crippen LogP contribution in [0.2, 0.25) is 0 Å². The molecule has 4 nitrogen and oxygen atoms in total. The third-order valence-electron chi connectivity index (χ3n) is 2.90. The third-order valence-corrected chi connectivity index (χ3v) is 3.74. The zero-order valence-electron chi connectivity index (χ0n) is 9.61. The van der Waals surface area contributed by atoms with E-state index in [1.54, 1.807) is 18.4 Å². The van der Waals surface area contributed by atoms with Gasteiger partial charge in [0.1, 0.15) is 0 Å². The highest BCUT2D eigenvalue weighted by atomic mass is 32.1. The van der Waals surface area contributed by atoms with Gasteiger partial charge in [-0.05, 0) is 6.42 Å². The molecule has 2 rings (SSSR count). The molecule has 2 unspecified atom stereocenters. The Hall–Kier alpha value is -0.490. The Labute approximate surface area is 100 Å². The number of methoxy groups -OCH3 is 1. The van der Waals surface area contributed by atoms with Crippen molar-refractivity contribution in [3.05, 3.63) is 16.6 Å². The molecule has 0 bridgehead atoms. The van der Waals surface area contributed by atoms with Gasteiger partial charge in [0.25, 0.3) is 0 Å². The topological polar surface area (TPSA) is 46.2 Å². The third kappa shape index (κ3) is 3.52. The normalized spacial score (nSPS) is 25.1. The van der Waals surface area contributed by atoms with Crippen molar-refractivity contribution < 1.29 is 4.74 Å². The second kappa shape index (κ2) is 6.30. The van der Waals surface area contributed by atoms with Crippen LogP contribution in [0.15, 0.2) is 11.6 Å². The smallest absolute Gasteiger partial charge is 0.0937 e. The molecule has 5 heteroatoms. The molecular formula is C11H19N3OS. The van der Waals surface area contributed by atoms with Gasteiger partial charge in [-0.2, -0.15) is 0 Å². The predicted molar refractivity (Wildman–Crippen MR) is 65.9 cm³/mol. The number of hydrogen-bond donors (Lipinski definition) is 2. The second-order valence-corrected chi connectivity index (χ2v) is 5.06. The number of nitrogens with zero attached hydrogens (tertiary/aromatic N) is 1. The largest absolute Gasteiger partial charge is 0.380 e. The van der Waals surface area contributed by atoms with Crippen LogP contribution in [0.3, 0.4) is 0 Å². The van der Waals surface area contributed by atoms with E-state index in [0.29, 0.717) is 12.1 Å². The molecular weight excluding hydrogens is 222 g/mol. The molecule has 1 saturated heterocycles. The number of aromatic nitrogens is 1. The molecule has 0 spiro atoms. The minimum absolute atomic E-state index is 0.394. The molecule has 1 aliphatic rings. The summed E-state index contributed by atoms with van der Waals surface area (Å²) in [5, 5.41) is 10.1. The fourth-order valence-electron chi connectivity index (χ4n) is 1.97. The van der Waals surface area contributed by atoms with E-state index in [4.69, 9.17) is 4.74 Å². The first-order valence-corrected chi connectivity index (χ1v) is 6.61. The Morgan fingerprint density at radius 3 is 3.31 bits per heavy atom. The van der Waals surface area contributed by atoms with Crippen molar-refractivity contribution in [3.8, 4) is 0 Å². The lowest BCUT2D eigenvalue weighted by Crippen LogP contribution is -2.34. The molecule has 90 valence electrons. The van der Waals surface area contributed by atoms with E-state index in [9.17, 15) is 0 Å². The maximum absolute atomic E-state index is 5.31. The van der Waals surface area contributed by atoms with Gasteiger partial charge in [0, 0.05) is 50.8 Å². The van der Waals surface area contributed by atoms with Crippen LogP contribution in [0.5, 0.6) is 0 Å². The van der Waals surface area contributed by atoms with E-state index >= 15 is 0 Å². The van der Waals surface area contributed by atoms with E-state index in [2.05, 4.69) is 15.6 Å². The van der Waals surface area contributed by atoms with Gasteiger partial charge in [-0.1, -0.05) is 0 Å². The van der Waals surface area contributed by atoms with Gasteiger partial charge in [0.05, 0.1) is 11.1 Å². The summed E-state index contributed by atoms with van der Waals surface area (Å²) < 4.78 is 5.31. The summed E-state index contributed by atoms with van der Waals surface area (Å²) >= 11 is 1.72. The average molecular weight is 241 g/mol. The van der Waals surface area contributed by atoms with Crippen molar-refractivity contribution in [2.45, 2.75) is 25.0 Å². The molecule has 0 aliphatic carbocycles. The number of ether oxygens (including phenoxy) is 1. The summed E-state index contributed by atoms with van der Waals surface area (Å²) in [4.78, 5) is 4.25. The van der Waals surface area contributed by atoms with Gasteiger partial charge in [0.15, 0.2) is 0 Å². The zero-order chi connectivity index (χ0) is 11.2. The van der Waals surface area contributed by atoms with Crippen molar-refractivity contribution in [1.29, 1.82) is 0 Å². The van der Waals surface area contributed by atoms with Crippen LogP contribution in [0.4, 0.5) is 0 Å². The monoisotopic (exact) mass is 241 g/mol. The van der Waals surface area contributed by atoms with Gasteiger partial charge in [-0.3, -0.25) is 0 Å². The minimum atomic E-state index is 0.394. The highest BCUT2D eigenvalue weighted by Gasteiger charge is 2.22. The highest BCUT2D eigenvalue weighted by molar-refractivity contribution is 7.09. The van der Waals surface area contributed by atoms with Crippen LogP contribution in [0.25, 0.3) is 0 Å². The van der Waals surface area contributed by atoms with Crippen molar-refractivity contribution in [2.24, 2.45) is 0 Å². The summed E-state index contributed by atoms with van der Waals surface area (Å²) in [7, 11) is 1.78. The van der Waals surface area contributed by atoms with Gasteiger partial charge < -0.3 is 15.4 Å². The Morgan fingerprint density at radius 2 is 2.62 bits per heavy atom. The standard InChI is InChI=1S/C11H19N3OS/c1-15-10-6-9(14-8-10)7-12-3-2-11-13-4-5-16-11/h4-5,9-10,12,14H,2-3,6-8H2,1H3. The SMILES string of the molecule is COC1CNC(CNCCc2nccs2)C1. The summed E-state index contributed by atoms with van der Waals surface area (Å²) in [6.07, 6.45) is 4.39. The van der Waals surface area contributed by atoms with Gasteiger partial charge >= 0.3 is 0 Å². The summed E-state index contributed by atoms with van der Waals surface area (Å²) in [6, 6.07) is 0.557. The van der Waals surface area contributed by atoms with Crippen LogP contribution in [0, 0.1) is 0 Å². The zero-order valence-corrected chi connectivity index (χ0v) is 10.4. The lowest BCUT2D eigenvalue weighted by atomic mass is 10.2. The van der Waals surface area contributed by atoms with Crippen LogP contribution in [0.1, 0.15) is 11.4 Å². The van der Waals surface area contributed by atoms with Gasteiger partial charge in [0.2, 0.25) is 0 Å². The fourth-order valence-corrected chi connectivity index (χ4v) is 2.59. The highest BCUT2D eigenvalue weighted by Crippen LogP contribution is 2.08.